The summed E-state index contributed by atoms with van der Waals surface area (Å²) in [6, 6.07) is 6.02. The summed E-state index contributed by atoms with van der Waals surface area (Å²) in [7, 11) is 1.86. The van der Waals surface area contributed by atoms with Gasteiger partial charge in [-0.2, -0.15) is 10.1 Å². The fourth-order valence-corrected chi connectivity index (χ4v) is 3.99. The SMILES string of the molecule is Cn1nc(-c2nc(-c3cccc(F)c3)no2)c2c1CCN(C(=O)C1CCCO1)C2. The Morgan fingerprint density at radius 2 is 2.24 bits per heavy atom. The Bertz CT molecular complexity index is 1070. The molecule has 0 bridgehead atoms. The molecule has 0 saturated carbocycles. The van der Waals surface area contributed by atoms with Gasteiger partial charge in [-0.05, 0) is 25.0 Å². The topological polar surface area (TPSA) is 86.3 Å². The standard InChI is InChI=1S/C20H20FN5O3/c1-25-15-7-8-26(20(27)16-6-3-9-28-16)11-14(15)17(23-25)19-22-18(24-29-19)12-4-2-5-13(21)10-12/h2,4-5,10,16H,3,6-9,11H2,1H3. The highest BCUT2D eigenvalue weighted by Gasteiger charge is 2.33. The third kappa shape index (κ3) is 3.21. The molecule has 4 heterocycles. The van der Waals surface area contributed by atoms with E-state index in [-0.39, 0.29) is 23.7 Å². The summed E-state index contributed by atoms with van der Waals surface area (Å²) >= 11 is 0. The summed E-state index contributed by atoms with van der Waals surface area (Å²) in [6.45, 7) is 1.69. The van der Waals surface area contributed by atoms with Crippen LogP contribution in [-0.4, -0.2) is 50.0 Å². The zero-order valence-electron chi connectivity index (χ0n) is 16.0. The molecule has 1 saturated heterocycles. The maximum absolute atomic E-state index is 13.5. The van der Waals surface area contributed by atoms with E-state index in [0.717, 1.165) is 24.1 Å². The predicted octanol–water partition coefficient (Wildman–Crippen LogP) is 2.34. The second-order valence-corrected chi connectivity index (χ2v) is 7.34. The number of hydrogen-bond acceptors (Lipinski definition) is 6. The van der Waals surface area contributed by atoms with Crippen LogP contribution in [0.25, 0.3) is 23.0 Å². The van der Waals surface area contributed by atoms with Crippen molar-refractivity contribution in [3.8, 4) is 23.0 Å². The van der Waals surface area contributed by atoms with Gasteiger partial charge >= 0.3 is 0 Å². The van der Waals surface area contributed by atoms with Gasteiger partial charge in [0.2, 0.25) is 5.82 Å². The third-order valence-electron chi connectivity index (χ3n) is 5.47. The number of carbonyl (C=O) groups is 1. The van der Waals surface area contributed by atoms with Gasteiger partial charge < -0.3 is 14.2 Å². The van der Waals surface area contributed by atoms with Crippen LogP contribution in [0, 0.1) is 5.82 Å². The number of fused-ring (bicyclic) bond motifs is 1. The van der Waals surface area contributed by atoms with Crippen LogP contribution in [0.3, 0.4) is 0 Å². The first-order chi connectivity index (χ1) is 14.1. The first kappa shape index (κ1) is 18.0. The van der Waals surface area contributed by atoms with Crippen LogP contribution in [0.15, 0.2) is 28.8 Å². The average molecular weight is 397 g/mol. The first-order valence-electron chi connectivity index (χ1n) is 9.65. The lowest BCUT2D eigenvalue weighted by Gasteiger charge is -2.29. The van der Waals surface area contributed by atoms with Gasteiger partial charge in [0, 0.05) is 50.0 Å². The Morgan fingerprint density at radius 3 is 3.03 bits per heavy atom. The number of halogens is 1. The van der Waals surface area contributed by atoms with Gasteiger partial charge in [0.05, 0.1) is 0 Å². The van der Waals surface area contributed by atoms with E-state index in [4.69, 9.17) is 9.26 Å². The molecular weight excluding hydrogens is 377 g/mol. The summed E-state index contributed by atoms with van der Waals surface area (Å²) in [5, 5.41) is 8.53. The molecule has 1 unspecified atom stereocenters. The Hall–Kier alpha value is -3.07. The summed E-state index contributed by atoms with van der Waals surface area (Å²) in [6.07, 6.45) is 2.03. The van der Waals surface area contributed by atoms with E-state index < -0.39 is 0 Å². The number of benzene rings is 1. The van der Waals surface area contributed by atoms with Crippen molar-refractivity contribution in [1.82, 2.24) is 24.8 Å². The zero-order chi connectivity index (χ0) is 20.0. The smallest absolute Gasteiger partial charge is 0.279 e. The van der Waals surface area contributed by atoms with Crippen molar-refractivity contribution in [2.45, 2.75) is 31.9 Å². The molecule has 2 aliphatic rings. The lowest BCUT2D eigenvalue weighted by molar-refractivity contribution is -0.141. The number of nitrogens with zero attached hydrogens (tertiary/aromatic N) is 5. The first-order valence-corrected chi connectivity index (χ1v) is 9.65. The molecule has 9 heteroatoms. The molecule has 150 valence electrons. The summed E-state index contributed by atoms with van der Waals surface area (Å²) in [5.41, 5.74) is 3.03. The molecule has 1 amide bonds. The fourth-order valence-electron chi connectivity index (χ4n) is 3.99. The van der Waals surface area contributed by atoms with Gasteiger partial charge in [-0.15, -0.1) is 0 Å². The summed E-state index contributed by atoms with van der Waals surface area (Å²) in [4.78, 5) is 19.0. The monoisotopic (exact) mass is 397 g/mol. The zero-order valence-corrected chi connectivity index (χ0v) is 16.0. The van der Waals surface area contributed by atoms with E-state index in [1.807, 2.05) is 11.9 Å². The largest absolute Gasteiger partial charge is 0.368 e. The van der Waals surface area contributed by atoms with Crippen LogP contribution in [0.2, 0.25) is 0 Å². The van der Waals surface area contributed by atoms with Crippen molar-refractivity contribution in [1.29, 1.82) is 0 Å². The quantitative estimate of drug-likeness (QED) is 0.674. The summed E-state index contributed by atoms with van der Waals surface area (Å²) < 4.78 is 26.3. The molecule has 8 nitrogen and oxygen atoms in total. The molecule has 3 aromatic rings. The van der Waals surface area contributed by atoms with Crippen LogP contribution in [-0.2, 0) is 29.5 Å². The third-order valence-corrected chi connectivity index (χ3v) is 5.47. The highest BCUT2D eigenvalue weighted by atomic mass is 19.1. The molecule has 2 aromatic heterocycles. The highest BCUT2D eigenvalue weighted by Crippen LogP contribution is 2.31. The minimum absolute atomic E-state index is 0.0222. The second kappa shape index (κ2) is 7.07. The maximum atomic E-state index is 13.5. The lowest BCUT2D eigenvalue weighted by atomic mass is 10.0. The van der Waals surface area contributed by atoms with Gasteiger partial charge in [-0.1, -0.05) is 17.3 Å². The van der Waals surface area contributed by atoms with Gasteiger partial charge in [-0.3, -0.25) is 9.48 Å². The van der Waals surface area contributed by atoms with Crippen molar-refractivity contribution in [2.24, 2.45) is 7.05 Å². The van der Waals surface area contributed by atoms with Crippen molar-refractivity contribution >= 4 is 5.91 Å². The molecule has 2 aliphatic heterocycles. The molecule has 29 heavy (non-hydrogen) atoms. The molecule has 1 fully saturated rings. The van der Waals surface area contributed by atoms with E-state index >= 15 is 0 Å². The summed E-state index contributed by atoms with van der Waals surface area (Å²) in [5.74, 6) is 0.204. The van der Waals surface area contributed by atoms with Crippen LogP contribution < -0.4 is 0 Å². The minimum atomic E-state index is -0.368. The molecule has 0 N–H and O–H groups in total. The number of aryl methyl sites for hydroxylation is 1. The number of aromatic nitrogens is 4. The van der Waals surface area contributed by atoms with Gasteiger partial charge in [0.15, 0.2) is 5.69 Å². The maximum Gasteiger partial charge on any atom is 0.279 e. The van der Waals surface area contributed by atoms with E-state index in [2.05, 4.69) is 15.2 Å². The highest BCUT2D eigenvalue weighted by molar-refractivity contribution is 5.81. The number of hydrogen-bond donors (Lipinski definition) is 0. The van der Waals surface area contributed by atoms with E-state index in [9.17, 15) is 9.18 Å². The molecular formula is C20H20FN5O3. The Morgan fingerprint density at radius 1 is 1.34 bits per heavy atom. The molecule has 5 rings (SSSR count). The van der Waals surface area contributed by atoms with E-state index in [1.54, 1.807) is 16.8 Å². The van der Waals surface area contributed by atoms with Gasteiger partial charge in [0.1, 0.15) is 11.9 Å². The number of rotatable bonds is 3. The molecule has 0 aliphatic carbocycles. The number of amides is 1. The van der Waals surface area contributed by atoms with E-state index in [0.29, 0.717) is 43.2 Å². The normalized spacial score (nSPS) is 18.8. The number of ether oxygens (including phenoxy) is 1. The van der Waals surface area contributed by atoms with Crippen LogP contribution >= 0.6 is 0 Å². The Kier molecular flexibility index (Phi) is 4.39. The molecule has 0 radical (unpaired) electrons. The van der Waals surface area contributed by atoms with Crippen LogP contribution in [0.1, 0.15) is 24.1 Å². The fraction of sp³-hybridized carbons (Fsp3) is 0.400. The second-order valence-electron chi connectivity index (χ2n) is 7.34. The Balaban J connectivity index is 1.45. The number of carbonyl (C=O) groups excluding carboxylic acids is 1. The Labute approximate surface area is 166 Å². The predicted molar refractivity (Wildman–Crippen MR) is 100.0 cm³/mol. The minimum Gasteiger partial charge on any atom is -0.368 e. The molecule has 0 spiro atoms. The van der Waals surface area contributed by atoms with Gasteiger partial charge in [0.25, 0.3) is 11.8 Å². The van der Waals surface area contributed by atoms with Crippen molar-refractivity contribution in [2.75, 3.05) is 13.2 Å². The van der Waals surface area contributed by atoms with Crippen molar-refractivity contribution < 1.29 is 18.4 Å². The van der Waals surface area contributed by atoms with Gasteiger partial charge in [-0.25, -0.2) is 4.39 Å². The van der Waals surface area contributed by atoms with Crippen LogP contribution in [0.5, 0.6) is 0 Å². The van der Waals surface area contributed by atoms with E-state index in [1.165, 1.54) is 12.1 Å². The molecule has 1 atom stereocenters. The average Bonchev–Trinajstić information content (AvgIpc) is 3.48. The van der Waals surface area contributed by atoms with Crippen molar-refractivity contribution in [3.63, 3.8) is 0 Å². The molecule has 1 aromatic carbocycles. The van der Waals surface area contributed by atoms with Crippen molar-refractivity contribution in [3.05, 3.63) is 41.3 Å². The van der Waals surface area contributed by atoms with Crippen LogP contribution in [0.4, 0.5) is 4.39 Å². The lowest BCUT2D eigenvalue weighted by Crippen LogP contribution is -2.42.